The van der Waals surface area contributed by atoms with Crippen LogP contribution in [0.15, 0.2) is 59.9 Å². The van der Waals surface area contributed by atoms with Crippen LogP contribution >= 0.6 is 0 Å². The van der Waals surface area contributed by atoms with Crippen molar-refractivity contribution in [1.29, 1.82) is 5.41 Å². The fraction of sp³-hybridized carbons (Fsp3) is 0.227. The third kappa shape index (κ3) is 4.96. The normalized spacial score (nSPS) is 13.8. The van der Waals surface area contributed by atoms with Crippen molar-refractivity contribution in [2.75, 3.05) is 7.11 Å². The lowest BCUT2D eigenvalue weighted by molar-refractivity contribution is -0.114. The molecule has 1 fully saturated rings. The second kappa shape index (κ2) is 9.13. The standard InChI is InChI=1S/C22H25N5O3/c1-30-17-5-3-2-4-16(17)22(29)26-12-13-6-8-14(9-7-13)19(23)18(21(25)28)20(24)27-15-10-11-15/h2-9,15,23,27H,10-12,24H2,1H3,(H2,25,28)(H,26,29)/b20-18+,23-19?. The molecule has 0 unspecified atom stereocenters. The van der Waals surface area contributed by atoms with E-state index < -0.39 is 5.91 Å². The molecule has 7 N–H and O–H groups in total. The fourth-order valence-corrected chi connectivity index (χ4v) is 2.95. The third-order valence-corrected chi connectivity index (χ3v) is 4.75. The molecule has 0 radical (unpaired) electrons. The third-order valence-electron chi connectivity index (χ3n) is 4.75. The quantitative estimate of drug-likeness (QED) is 0.315. The van der Waals surface area contributed by atoms with Crippen molar-refractivity contribution < 1.29 is 14.3 Å². The Kier molecular flexibility index (Phi) is 6.36. The Morgan fingerprint density at radius 2 is 1.77 bits per heavy atom. The number of amides is 2. The summed E-state index contributed by atoms with van der Waals surface area (Å²) >= 11 is 0. The topological polar surface area (TPSA) is 143 Å². The lowest BCUT2D eigenvalue weighted by Gasteiger charge is -2.13. The van der Waals surface area contributed by atoms with Crippen molar-refractivity contribution in [1.82, 2.24) is 10.6 Å². The molecule has 1 saturated carbocycles. The van der Waals surface area contributed by atoms with Crippen molar-refractivity contribution in [3.05, 3.63) is 76.6 Å². The molecule has 0 atom stereocenters. The van der Waals surface area contributed by atoms with Crippen molar-refractivity contribution in [2.24, 2.45) is 11.5 Å². The highest BCUT2D eigenvalue weighted by Crippen LogP contribution is 2.21. The number of ether oxygens (including phenoxy) is 1. The number of hydrogen-bond donors (Lipinski definition) is 5. The molecule has 0 bridgehead atoms. The summed E-state index contributed by atoms with van der Waals surface area (Å²) in [5.74, 6) is -0.369. The number of carbonyl (C=O) groups is 2. The van der Waals surface area contributed by atoms with Crippen molar-refractivity contribution in [3.8, 4) is 5.75 Å². The van der Waals surface area contributed by atoms with Crippen LogP contribution in [0, 0.1) is 5.41 Å². The average molecular weight is 407 g/mol. The van der Waals surface area contributed by atoms with Gasteiger partial charge in [0.25, 0.3) is 11.8 Å². The van der Waals surface area contributed by atoms with Crippen LogP contribution in [0.2, 0.25) is 0 Å². The van der Waals surface area contributed by atoms with Crippen LogP contribution in [0.25, 0.3) is 0 Å². The number of nitrogens with one attached hydrogen (secondary N) is 3. The summed E-state index contributed by atoms with van der Waals surface area (Å²) in [5, 5.41) is 14.2. The fourth-order valence-electron chi connectivity index (χ4n) is 2.95. The molecule has 1 aliphatic rings. The Hall–Kier alpha value is -3.81. The van der Waals surface area contributed by atoms with Gasteiger partial charge in [0, 0.05) is 18.2 Å². The summed E-state index contributed by atoms with van der Waals surface area (Å²) in [7, 11) is 1.52. The number of hydrogen-bond acceptors (Lipinski definition) is 6. The molecule has 1 aliphatic carbocycles. The molecule has 156 valence electrons. The summed E-state index contributed by atoms with van der Waals surface area (Å²) in [6, 6.07) is 14.2. The van der Waals surface area contributed by atoms with Gasteiger partial charge in [0.2, 0.25) is 0 Å². The van der Waals surface area contributed by atoms with E-state index in [4.69, 9.17) is 21.6 Å². The van der Waals surface area contributed by atoms with Crippen LogP contribution < -0.4 is 26.8 Å². The highest BCUT2D eigenvalue weighted by molar-refractivity contribution is 6.26. The minimum atomic E-state index is -0.751. The molecule has 0 saturated heterocycles. The van der Waals surface area contributed by atoms with Crippen LogP contribution in [-0.4, -0.2) is 30.7 Å². The van der Waals surface area contributed by atoms with Gasteiger partial charge in [-0.2, -0.15) is 0 Å². The number of rotatable bonds is 9. The first-order valence-electron chi connectivity index (χ1n) is 9.56. The van der Waals surface area contributed by atoms with E-state index in [1.54, 1.807) is 48.5 Å². The van der Waals surface area contributed by atoms with E-state index in [0.29, 0.717) is 23.4 Å². The van der Waals surface area contributed by atoms with Crippen molar-refractivity contribution in [2.45, 2.75) is 25.4 Å². The van der Waals surface area contributed by atoms with Gasteiger partial charge in [0.15, 0.2) is 0 Å². The van der Waals surface area contributed by atoms with Gasteiger partial charge in [0.1, 0.15) is 17.1 Å². The van der Waals surface area contributed by atoms with Gasteiger partial charge >= 0.3 is 0 Å². The molecule has 0 aliphatic heterocycles. The zero-order valence-electron chi connectivity index (χ0n) is 16.7. The Balaban J connectivity index is 1.67. The molecule has 30 heavy (non-hydrogen) atoms. The minimum Gasteiger partial charge on any atom is -0.496 e. The molecule has 0 spiro atoms. The van der Waals surface area contributed by atoms with Crippen LogP contribution in [0.3, 0.4) is 0 Å². The highest BCUT2D eigenvalue weighted by Gasteiger charge is 2.25. The number of benzene rings is 2. The van der Waals surface area contributed by atoms with Crippen LogP contribution in [-0.2, 0) is 11.3 Å². The van der Waals surface area contributed by atoms with Gasteiger partial charge in [-0.05, 0) is 30.5 Å². The second-order valence-electron chi connectivity index (χ2n) is 7.03. The lowest BCUT2D eigenvalue weighted by Crippen LogP contribution is -2.32. The summed E-state index contributed by atoms with van der Waals surface area (Å²) < 4.78 is 5.21. The molecule has 2 aromatic rings. The van der Waals surface area contributed by atoms with E-state index in [2.05, 4.69) is 10.6 Å². The summed E-state index contributed by atoms with van der Waals surface area (Å²) in [6.45, 7) is 0.300. The molecule has 0 heterocycles. The maximum Gasteiger partial charge on any atom is 0.255 e. The molecule has 2 aromatic carbocycles. The van der Waals surface area contributed by atoms with E-state index in [1.807, 2.05) is 0 Å². The maximum absolute atomic E-state index is 12.4. The predicted molar refractivity (Wildman–Crippen MR) is 114 cm³/mol. The number of carbonyl (C=O) groups excluding carboxylic acids is 2. The predicted octanol–water partition coefficient (Wildman–Crippen LogP) is 1.40. The Bertz CT molecular complexity index is 994. The first-order chi connectivity index (χ1) is 14.4. The summed E-state index contributed by atoms with van der Waals surface area (Å²) in [6.07, 6.45) is 1.96. The maximum atomic E-state index is 12.4. The number of methoxy groups -OCH3 is 1. The van der Waals surface area contributed by atoms with Gasteiger partial charge in [-0.1, -0.05) is 36.4 Å². The van der Waals surface area contributed by atoms with Gasteiger partial charge in [0.05, 0.1) is 18.4 Å². The monoisotopic (exact) mass is 407 g/mol. The largest absolute Gasteiger partial charge is 0.496 e. The smallest absolute Gasteiger partial charge is 0.255 e. The van der Waals surface area contributed by atoms with E-state index in [-0.39, 0.29) is 29.1 Å². The zero-order chi connectivity index (χ0) is 21.7. The molecule has 2 amide bonds. The average Bonchev–Trinajstić information content (AvgIpc) is 3.56. The van der Waals surface area contributed by atoms with Crippen LogP contribution in [0.1, 0.15) is 34.3 Å². The first-order valence-corrected chi connectivity index (χ1v) is 9.56. The van der Waals surface area contributed by atoms with E-state index in [9.17, 15) is 9.59 Å². The highest BCUT2D eigenvalue weighted by atomic mass is 16.5. The van der Waals surface area contributed by atoms with E-state index in [1.165, 1.54) is 7.11 Å². The minimum absolute atomic E-state index is 0.0286. The van der Waals surface area contributed by atoms with Gasteiger partial charge in [-0.25, -0.2) is 0 Å². The summed E-state index contributed by atoms with van der Waals surface area (Å²) in [5.41, 5.74) is 13.1. The van der Waals surface area contributed by atoms with Gasteiger partial charge in [-0.15, -0.1) is 0 Å². The van der Waals surface area contributed by atoms with Crippen molar-refractivity contribution >= 4 is 17.5 Å². The molecule has 0 aromatic heterocycles. The summed E-state index contributed by atoms with van der Waals surface area (Å²) in [4.78, 5) is 24.2. The van der Waals surface area contributed by atoms with Crippen LogP contribution in [0.4, 0.5) is 0 Å². The Morgan fingerprint density at radius 3 is 2.37 bits per heavy atom. The molecule has 3 rings (SSSR count). The molecule has 8 heteroatoms. The van der Waals surface area contributed by atoms with Gasteiger partial charge < -0.3 is 26.8 Å². The molecular weight excluding hydrogens is 382 g/mol. The number of nitrogens with two attached hydrogens (primary N) is 2. The zero-order valence-corrected chi connectivity index (χ0v) is 16.7. The van der Waals surface area contributed by atoms with Crippen molar-refractivity contribution in [3.63, 3.8) is 0 Å². The van der Waals surface area contributed by atoms with E-state index >= 15 is 0 Å². The Labute approximate surface area is 174 Å². The van der Waals surface area contributed by atoms with Crippen LogP contribution in [0.5, 0.6) is 5.75 Å². The SMILES string of the molecule is COc1ccccc1C(=O)NCc1ccc(C(=N)/C(C(N)=O)=C(/N)NC2CC2)cc1. The number of primary amides is 1. The van der Waals surface area contributed by atoms with E-state index in [0.717, 1.165) is 18.4 Å². The Morgan fingerprint density at radius 1 is 1.10 bits per heavy atom. The number of para-hydroxylation sites is 1. The molecule has 8 nitrogen and oxygen atoms in total. The second-order valence-corrected chi connectivity index (χ2v) is 7.03. The van der Waals surface area contributed by atoms with Gasteiger partial charge in [-0.3, -0.25) is 15.0 Å². The molecular formula is C22H25N5O3. The lowest BCUT2D eigenvalue weighted by atomic mass is 10.0. The first kappa shape index (κ1) is 20.9.